The Hall–Kier alpha value is -1.14. The molecule has 2 aromatic rings. The van der Waals surface area contributed by atoms with Crippen molar-refractivity contribution in [2.45, 2.75) is 6.10 Å². The van der Waals surface area contributed by atoms with E-state index in [1.54, 1.807) is 7.11 Å². The van der Waals surface area contributed by atoms with E-state index < -0.39 is 7.60 Å². The van der Waals surface area contributed by atoms with E-state index in [1.165, 1.54) is 7.11 Å². The number of ether oxygens (including phenoxy) is 1. The molecule has 0 aliphatic carbocycles. The molecule has 2 atom stereocenters. The smallest absolute Gasteiger partial charge is 0.363 e. The Bertz CT molecular complexity index is 771. The Morgan fingerprint density at radius 2 is 1.70 bits per heavy atom. The Balaban J connectivity index is 2.09. The van der Waals surface area contributed by atoms with Crippen molar-refractivity contribution in [2.75, 3.05) is 14.2 Å². The van der Waals surface area contributed by atoms with Gasteiger partial charge in [-0.05, 0) is 45.9 Å². The standard InChI is InChI=1S/C17H16IO4P/c1-20-14-10-8-13(9-11-14)17-15(18)16(22-23(17,19)21-2)12-6-4-3-5-7-12/h3-11,16H,1-2H3. The first-order valence-electron chi connectivity index (χ1n) is 7.03. The molecule has 0 radical (unpaired) electrons. The zero-order valence-corrected chi connectivity index (χ0v) is 15.8. The molecule has 0 amide bonds. The number of benzene rings is 2. The van der Waals surface area contributed by atoms with E-state index >= 15 is 0 Å². The average Bonchev–Trinajstić information content (AvgIpc) is 2.87. The Morgan fingerprint density at radius 3 is 2.26 bits per heavy atom. The predicted octanol–water partition coefficient (Wildman–Crippen LogP) is 5.41. The Morgan fingerprint density at radius 1 is 1.04 bits per heavy atom. The van der Waals surface area contributed by atoms with Gasteiger partial charge in [-0.25, -0.2) is 0 Å². The molecule has 0 fully saturated rings. The molecule has 0 saturated heterocycles. The summed E-state index contributed by atoms with van der Waals surface area (Å²) in [6.07, 6.45) is -0.375. The monoisotopic (exact) mass is 442 g/mol. The van der Waals surface area contributed by atoms with E-state index in [9.17, 15) is 4.57 Å². The molecule has 4 nitrogen and oxygen atoms in total. The van der Waals surface area contributed by atoms with Crippen LogP contribution in [0.25, 0.3) is 5.31 Å². The van der Waals surface area contributed by atoms with Gasteiger partial charge in [0.15, 0.2) is 0 Å². The minimum Gasteiger partial charge on any atom is -0.497 e. The van der Waals surface area contributed by atoms with Gasteiger partial charge in [-0.2, -0.15) is 0 Å². The van der Waals surface area contributed by atoms with E-state index in [4.69, 9.17) is 13.8 Å². The fourth-order valence-electron chi connectivity index (χ4n) is 2.51. The van der Waals surface area contributed by atoms with Gasteiger partial charge >= 0.3 is 7.60 Å². The summed E-state index contributed by atoms with van der Waals surface area (Å²) in [5.41, 5.74) is 1.77. The van der Waals surface area contributed by atoms with Gasteiger partial charge in [0.05, 0.1) is 12.4 Å². The van der Waals surface area contributed by atoms with Gasteiger partial charge < -0.3 is 9.26 Å². The van der Waals surface area contributed by atoms with Crippen LogP contribution >= 0.6 is 30.2 Å². The minimum absolute atomic E-state index is 0.375. The highest BCUT2D eigenvalue weighted by Crippen LogP contribution is 2.71. The molecule has 0 aromatic heterocycles. The van der Waals surface area contributed by atoms with Gasteiger partial charge in [-0.3, -0.25) is 9.09 Å². The first-order chi connectivity index (χ1) is 11.1. The molecule has 2 aromatic carbocycles. The van der Waals surface area contributed by atoms with Crippen LogP contribution in [-0.2, 0) is 13.6 Å². The third-order valence-corrected chi connectivity index (χ3v) is 7.23. The second-order valence-electron chi connectivity index (χ2n) is 5.00. The number of methoxy groups -OCH3 is 1. The van der Waals surface area contributed by atoms with Crippen molar-refractivity contribution < 1.29 is 18.3 Å². The number of rotatable bonds is 4. The van der Waals surface area contributed by atoms with Gasteiger partial charge in [0.1, 0.15) is 11.9 Å². The van der Waals surface area contributed by atoms with Crippen LogP contribution in [0.1, 0.15) is 17.2 Å². The number of hydrogen-bond donors (Lipinski definition) is 0. The third kappa shape index (κ3) is 3.11. The van der Waals surface area contributed by atoms with Crippen LogP contribution in [-0.4, -0.2) is 14.2 Å². The van der Waals surface area contributed by atoms with Crippen LogP contribution in [0.15, 0.2) is 58.2 Å². The molecule has 1 aliphatic rings. The molecule has 0 N–H and O–H groups in total. The van der Waals surface area contributed by atoms with Crippen molar-refractivity contribution in [1.82, 2.24) is 0 Å². The number of hydrogen-bond acceptors (Lipinski definition) is 4. The maximum atomic E-state index is 13.1. The molecule has 0 saturated carbocycles. The van der Waals surface area contributed by atoms with E-state index in [-0.39, 0.29) is 6.10 Å². The molecular formula is C17H16IO4P. The van der Waals surface area contributed by atoms with Crippen molar-refractivity contribution in [3.63, 3.8) is 0 Å². The topological polar surface area (TPSA) is 44.8 Å². The van der Waals surface area contributed by atoms with Gasteiger partial charge in [-0.15, -0.1) is 0 Å². The van der Waals surface area contributed by atoms with Crippen molar-refractivity contribution >= 4 is 35.5 Å². The van der Waals surface area contributed by atoms with Crippen LogP contribution in [0, 0.1) is 0 Å². The summed E-state index contributed by atoms with van der Waals surface area (Å²) in [6, 6.07) is 17.1. The summed E-state index contributed by atoms with van der Waals surface area (Å²) >= 11 is 2.20. The summed E-state index contributed by atoms with van der Waals surface area (Å²) in [5.74, 6) is 0.745. The lowest BCUT2D eigenvalue weighted by atomic mass is 10.1. The quantitative estimate of drug-likeness (QED) is 0.470. The van der Waals surface area contributed by atoms with E-state index in [1.807, 2.05) is 54.6 Å². The zero-order valence-electron chi connectivity index (χ0n) is 12.7. The van der Waals surface area contributed by atoms with Crippen LogP contribution in [0.4, 0.5) is 0 Å². The molecule has 0 spiro atoms. The van der Waals surface area contributed by atoms with E-state index in [0.717, 1.165) is 20.5 Å². The third-order valence-electron chi connectivity index (χ3n) is 3.68. The molecule has 0 bridgehead atoms. The van der Waals surface area contributed by atoms with Gasteiger partial charge in [0, 0.05) is 10.7 Å². The zero-order chi connectivity index (χ0) is 16.4. The molecule has 1 aliphatic heterocycles. The van der Waals surface area contributed by atoms with Crippen LogP contribution < -0.4 is 4.74 Å². The van der Waals surface area contributed by atoms with Crippen molar-refractivity contribution in [3.05, 3.63) is 69.3 Å². The summed E-state index contributed by atoms with van der Waals surface area (Å²) in [6.45, 7) is 0. The summed E-state index contributed by atoms with van der Waals surface area (Å²) < 4.78 is 30.3. The predicted molar refractivity (Wildman–Crippen MR) is 98.8 cm³/mol. The summed E-state index contributed by atoms with van der Waals surface area (Å²) in [7, 11) is -0.321. The maximum absolute atomic E-state index is 13.1. The normalized spacial score (nSPS) is 24.0. The van der Waals surface area contributed by atoms with Crippen molar-refractivity contribution in [2.24, 2.45) is 0 Å². The molecular weight excluding hydrogens is 426 g/mol. The van der Waals surface area contributed by atoms with Gasteiger partial charge in [-0.1, -0.05) is 42.5 Å². The molecule has 6 heteroatoms. The lowest BCUT2D eigenvalue weighted by Crippen LogP contribution is -1.96. The highest BCUT2D eigenvalue weighted by molar-refractivity contribution is 14.1. The second kappa shape index (κ2) is 6.77. The fraction of sp³-hybridized carbons (Fsp3) is 0.176. The fourth-order valence-corrected chi connectivity index (χ4v) is 6.12. The molecule has 3 rings (SSSR count). The lowest BCUT2D eigenvalue weighted by molar-refractivity contribution is 0.213. The molecule has 1 heterocycles. The van der Waals surface area contributed by atoms with Gasteiger partial charge in [0.2, 0.25) is 0 Å². The maximum Gasteiger partial charge on any atom is 0.363 e. The minimum atomic E-state index is -3.35. The SMILES string of the molecule is COc1ccc(C2=C(I)C(c3ccccc3)OP2(=O)OC)cc1. The number of halogens is 1. The first kappa shape index (κ1) is 16.7. The van der Waals surface area contributed by atoms with E-state index in [0.29, 0.717) is 5.31 Å². The van der Waals surface area contributed by atoms with Crippen molar-refractivity contribution in [3.8, 4) is 5.75 Å². The molecule has 120 valence electrons. The van der Waals surface area contributed by atoms with E-state index in [2.05, 4.69) is 22.6 Å². The second-order valence-corrected chi connectivity index (χ2v) is 8.18. The lowest BCUT2D eigenvalue weighted by Gasteiger charge is -2.15. The first-order valence-corrected chi connectivity index (χ1v) is 9.65. The molecule has 2 unspecified atom stereocenters. The molecule has 23 heavy (non-hydrogen) atoms. The highest BCUT2D eigenvalue weighted by Gasteiger charge is 2.44. The van der Waals surface area contributed by atoms with Crippen LogP contribution in [0.2, 0.25) is 0 Å². The average molecular weight is 442 g/mol. The largest absolute Gasteiger partial charge is 0.497 e. The Kier molecular flexibility index (Phi) is 4.92. The highest BCUT2D eigenvalue weighted by atomic mass is 127. The summed E-state index contributed by atoms with van der Waals surface area (Å²) in [5, 5.41) is 0.622. The Labute approximate surface area is 149 Å². The van der Waals surface area contributed by atoms with Crippen LogP contribution in [0.5, 0.6) is 5.75 Å². The summed E-state index contributed by atoms with van der Waals surface area (Å²) in [4.78, 5) is 0. The van der Waals surface area contributed by atoms with Gasteiger partial charge in [0.25, 0.3) is 0 Å². The van der Waals surface area contributed by atoms with Crippen LogP contribution in [0.3, 0.4) is 0 Å². The van der Waals surface area contributed by atoms with Crippen molar-refractivity contribution in [1.29, 1.82) is 0 Å².